The normalized spacial score (nSPS) is 10.1. The van der Waals surface area contributed by atoms with Gasteiger partial charge in [0.25, 0.3) is 5.91 Å². The number of hydrogen-bond donors (Lipinski definition) is 2. The lowest BCUT2D eigenvalue weighted by atomic mass is 9.94. The average molecular weight is 329 g/mol. The number of pyridine rings is 1. The van der Waals surface area contributed by atoms with Crippen molar-refractivity contribution in [3.05, 3.63) is 29.0 Å². The lowest BCUT2D eigenvalue weighted by Crippen LogP contribution is -2.49. The zero-order valence-corrected chi connectivity index (χ0v) is 13.4. The number of nitrogens with one attached hydrogen (secondary N) is 1. The SMILES string of the molecule is CCC(N)(CC)CNC(=O)c1ccc(Cl)cn1.Cl.Cl. The van der Waals surface area contributed by atoms with Crippen LogP contribution < -0.4 is 11.1 Å². The van der Waals surface area contributed by atoms with E-state index in [0.29, 0.717) is 17.3 Å². The van der Waals surface area contributed by atoms with E-state index >= 15 is 0 Å². The molecule has 0 saturated carbocycles. The highest BCUT2D eigenvalue weighted by Gasteiger charge is 2.21. The van der Waals surface area contributed by atoms with Crippen LogP contribution in [0.2, 0.25) is 5.02 Å². The van der Waals surface area contributed by atoms with Crippen LogP contribution in [0, 0.1) is 0 Å². The largest absolute Gasteiger partial charge is 0.349 e. The number of aromatic nitrogens is 1. The fourth-order valence-corrected chi connectivity index (χ4v) is 1.47. The minimum absolute atomic E-state index is 0. The quantitative estimate of drug-likeness (QED) is 0.873. The van der Waals surface area contributed by atoms with E-state index in [1.807, 2.05) is 13.8 Å². The summed E-state index contributed by atoms with van der Waals surface area (Å²) in [7, 11) is 0. The van der Waals surface area contributed by atoms with Crippen molar-refractivity contribution in [3.63, 3.8) is 0 Å². The number of carbonyl (C=O) groups excluding carboxylic acids is 1. The molecule has 0 spiro atoms. The molecule has 0 aliphatic heterocycles. The van der Waals surface area contributed by atoms with E-state index in [2.05, 4.69) is 10.3 Å². The zero-order valence-electron chi connectivity index (χ0n) is 11.0. The van der Waals surface area contributed by atoms with Gasteiger partial charge >= 0.3 is 0 Å². The highest BCUT2D eigenvalue weighted by Crippen LogP contribution is 2.10. The highest BCUT2D eigenvalue weighted by atomic mass is 35.5. The number of rotatable bonds is 5. The molecule has 1 amide bonds. The smallest absolute Gasteiger partial charge is 0.269 e. The first-order valence-corrected chi connectivity index (χ1v) is 6.07. The van der Waals surface area contributed by atoms with Crippen LogP contribution in [0.3, 0.4) is 0 Å². The van der Waals surface area contributed by atoms with Crippen molar-refractivity contribution in [2.24, 2.45) is 5.73 Å². The molecule has 0 radical (unpaired) electrons. The molecule has 0 saturated heterocycles. The molecule has 19 heavy (non-hydrogen) atoms. The second-order valence-electron chi connectivity index (χ2n) is 4.11. The molecule has 0 aliphatic carbocycles. The summed E-state index contributed by atoms with van der Waals surface area (Å²) in [4.78, 5) is 15.7. The van der Waals surface area contributed by atoms with Crippen molar-refractivity contribution >= 4 is 42.3 Å². The maximum Gasteiger partial charge on any atom is 0.269 e. The Morgan fingerprint density at radius 1 is 1.37 bits per heavy atom. The summed E-state index contributed by atoms with van der Waals surface area (Å²) < 4.78 is 0. The molecule has 0 atom stereocenters. The van der Waals surface area contributed by atoms with Crippen LogP contribution in [0.1, 0.15) is 37.2 Å². The van der Waals surface area contributed by atoms with Gasteiger partial charge in [0.1, 0.15) is 5.69 Å². The molecular formula is C12H20Cl3N3O. The van der Waals surface area contributed by atoms with Crippen molar-refractivity contribution in [1.82, 2.24) is 10.3 Å². The third-order valence-corrected chi connectivity index (χ3v) is 3.19. The second-order valence-corrected chi connectivity index (χ2v) is 4.55. The molecule has 4 nitrogen and oxygen atoms in total. The van der Waals surface area contributed by atoms with Crippen molar-refractivity contribution in [2.45, 2.75) is 32.2 Å². The summed E-state index contributed by atoms with van der Waals surface area (Å²) in [5.41, 5.74) is 6.10. The standard InChI is InChI=1S/C12H18ClN3O.2ClH/c1-3-12(14,4-2)8-16-11(17)10-6-5-9(13)7-15-10;;/h5-7H,3-4,8,14H2,1-2H3,(H,16,17);2*1H. The molecule has 1 aromatic heterocycles. The van der Waals surface area contributed by atoms with Gasteiger partial charge in [0.15, 0.2) is 0 Å². The number of nitrogens with zero attached hydrogens (tertiary/aromatic N) is 1. The minimum atomic E-state index is -0.345. The van der Waals surface area contributed by atoms with Gasteiger partial charge in [-0.25, -0.2) is 4.98 Å². The van der Waals surface area contributed by atoms with E-state index < -0.39 is 0 Å². The summed E-state index contributed by atoms with van der Waals surface area (Å²) in [6.07, 6.45) is 3.08. The van der Waals surface area contributed by atoms with E-state index in [1.54, 1.807) is 12.1 Å². The highest BCUT2D eigenvalue weighted by molar-refractivity contribution is 6.30. The Morgan fingerprint density at radius 2 is 1.95 bits per heavy atom. The van der Waals surface area contributed by atoms with Gasteiger partial charge in [-0.15, -0.1) is 24.8 Å². The van der Waals surface area contributed by atoms with Gasteiger partial charge in [-0.1, -0.05) is 25.4 Å². The molecule has 7 heteroatoms. The van der Waals surface area contributed by atoms with Crippen LogP contribution in [0.15, 0.2) is 18.3 Å². The van der Waals surface area contributed by atoms with E-state index in [-0.39, 0.29) is 36.3 Å². The van der Waals surface area contributed by atoms with Gasteiger partial charge < -0.3 is 11.1 Å². The summed E-state index contributed by atoms with van der Waals surface area (Å²) >= 11 is 5.70. The number of hydrogen-bond acceptors (Lipinski definition) is 3. The predicted octanol–water partition coefficient (Wildman–Crippen LogP) is 2.83. The molecule has 110 valence electrons. The van der Waals surface area contributed by atoms with Crippen LogP contribution in [0.25, 0.3) is 0 Å². The summed E-state index contributed by atoms with van der Waals surface area (Å²) in [6.45, 7) is 4.47. The van der Waals surface area contributed by atoms with Crippen molar-refractivity contribution in [3.8, 4) is 0 Å². The van der Waals surface area contributed by atoms with Gasteiger partial charge in [-0.3, -0.25) is 4.79 Å². The maximum absolute atomic E-state index is 11.8. The molecule has 0 aromatic carbocycles. The molecule has 1 aromatic rings. The molecule has 0 unspecified atom stereocenters. The molecule has 0 aliphatic rings. The van der Waals surface area contributed by atoms with Crippen molar-refractivity contribution in [1.29, 1.82) is 0 Å². The Bertz CT molecular complexity index is 380. The second kappa shape index (κ2) is 9.37. The Kier molecular flexibility index (Phi) is 10.2. The Hall–Kier alpha value is -0.550. The number of amides is 1. The molecule has 1 rings (SSSR count). The maximum atomic E-state index is 11.8. The van der Waals surface area contributed by atoms with Crippen molar-refractivity contribution in [2.75, 3.05) is 6.54 Å². The van der Waals surface area contributed by atoms with Crippen molar-refractivity contribution < 1.29 is 4.79 Å². The van der Waals surface area contributed by atoms with E-state index in [0.717, 1.165) is 12.8 Å². The van der Waals surface area contributed by atoms with Gasteiger partial charge in [0.2, 0.25) is 0 Å². The number of halogens is 3. The number of carbonyl (C=O) groups is 1. The first kappa shape index (κ1) is 20.8. The lowest BCUT2D eigenvalue weighted by molar-refractivity contribution is 0.0937. The van der Waals surface area contributed by atoms with E-state index in [4.69, 9.17) is 17.3 Å². The fraction of sp³-hybridized carbons (Fsp3) is 0.500. The number of nitrogens with two attached hydrogens (primary N) is 1. The molecular weight excluding hydrogens is 309 g/mol. The molecule has 0 fully saturated rings. The molecule has 0 bridgehead atoms. The van der Waals surface area contributed by atoms with Crippen LogP contribution in [-0.4, -0.2) is 23.0 Å². The first-order valence-electron chi connectivity index (χ1n) is 5.69. The van der Waals surface area contributed by atoms with Gasteiger partial charge in [-0.05, 0) is 25.0 Å². The lowest BCUT2D eigenvalue weighted by Gasteiger charge is -2.26. The van der Waals surface area contributed by atoms with E-state index in [1.165, 1.54) is 6.20 Å². The van der Waals surface area contributed by atoms with Gasteiger partial charge in [-0.2, -0.15) is 0 Å². The van der Waals surface area contributed by atoms with Crippen LogP contribution in [0.4, 0.5) is 0 Å². The first-order chi connectivity index (χ1) is 8.00. The fourth-order valence-electron chi connectivity index (χ4n) is 1.36. The molecule has 1 heterocycles. The Labute approximate surface area is 131 Å². The molecule has 3 N–H and O–H groups in total. The van der Waals surface area contributed by atoms with Gasteiger partial charge in [0.05, 0.1) is 5.02 Å². The van der Waals surface area contributed by atoms with Gasteiger partial charge in [0, 0.05) is 18.3 Å². The average Bonchev–Trinajstić information content (AvgIpc) is 2.36. The summed E-state index contributed by atoms with van der Waals surface area (Å²) in [5, 5.41) is 3.30. The minimum Gasteiger partial charge on any atom is -0.349 e. The monoisotopic (exact) mass is 327 g/mol. The Balaban J connectivity index is 0. The van der Waals surface area contributed by atoms with Crippen LogP contribution in [0.5, 0.6) is 0 Å². The summed E-state index contributed by atoms with van der Waals surface area (Å²) in [6, 6.07) is 3.23. The zero-order chi connectivity index (χ0) is 12.9. The summed E-state index contributed by atoms with van der Waals surface area (Å²) in [5.74, 6) is -0.224. The third-order valence-electron chi connectivity index (χ3n) is 2.97. The predicted molar refractivity (Wildman–Crippen MR) is 83.6 cm³/mol. The van der Waals surface area contributed by atoms with Crippen LogP contribution in [-0.2, 0) is 0 Å². The van der Waals surface area contributed by atoms with E-state index in [9.17, 15) is 4.79 Å². The Morgan fingerprint density at radius 3 is 2.37 bits per heavy atom. The van der Waals surface area contributed by atoms with Crippen LogP contribution >= 0.6 is 36.4 Å². The third kappa shape index (κ3) is 6.43. The topological polar surface area (TPSA) is 68.0 Å².